The fraction of sp³-hybridized carbons (Fsp3) is 0.643. The molecule has 6 heteroatoms. The molecule has 2 bridgehead atoms. The number of ether oxygens (including phenoxy) is 2. The van der Waals surface area contributed by atoms with Crippen molar-refractivity contribution >= 4 is 40.8 Å². The first-order valence-corrected chi connectivity index (χ1v) is 7.89. The maximum Gasteiger partial charge on any atom is 0.353 e. The number of methoxy groups -OCH3 is 1. The number of carbonyl (C=O) groups excluding carboxylic acids is 1. The summed E-state index contributed by atoms with van der Waals surface area (Å²) in [5, 5.41) is 0.958. The van der Waals surface area contributed by atoms with Crippen molar-refractivity contribution in [3.8, 4) is 0 Å². The molecule has 2 fully saturated rings. The van der Waals surface area contributed by atoms with Gasteiger partial charge in [-0.25, -0.2) is 4.79 Å². The zero-order valence-corrected chi connectivity index (χ0v) is 13.1. The van der Waals surface area contributed by atoms with E-state index in [1.165, 1.54) is 7.11 Å². The number of rotatable bonds is 1. The van der Waals surface area contributed by atoms with Crippen LogP contribution in [-0.4, -0.2) is 18.9 Å². The van der Waals surface area contributed by atoms with E-state index in [0.717, 1.165) is 19.3 Å². The summed E-state index contributed by atoms with van der Waals surface area (Å²) >= 11 is 19.1. The van der Waals surface area contributed by atoms with Gasteiger partial charge in [0.15, 0.2) is 0 Å². The van der Waals surface area contributed by atoms with Gasteiger partial charge in [-0.2, -0.15) is 0 Å². The molecule has 1 heterocycles. The van der Waals surface area contributed by atoms with E-state index in [-0.39, 0.29) is 21.9 Å². The maximum atomic E-state index is 11.9. The van der Waals surface area contributed by atoms with Gasteiger partial charge in [0, 0.05) is 23.6 Å². The standard InChI is InChI=1S/C14H13Cl3O3/c1-19-14-9(11(16)13(18)20-14)7-5-2-3-6(4-5)8(7)10(15)12(14)17/h5-8H,2-4H2,1H3/t5-,6+,7+,8-,14-/m1/s1. The highest BCUT2D eigenvalue weighted by atomic mass is 35.5. The summed E-state index contributed by atoms with van der Waals surface area (Å²) in [6, 6.07) is 0. The molecular formula is C14H13Cl3O3. The molecule has 0 spiro atoms. The topological polar surface area (TPSA) is 35.5 Å². The van der Waals surface area contributed by atoms with Crippen LogP contribution in [0.3, 0.4) is 0 Å². The minimum Gasteiger partial charge on any atom is -0.419 e. The normalized spacial score (nSPS) is 45.9. The molecule has 0 aromatic carbocycles. The second-order valence-corrected chi connectivity index (χ2v) is 7.15. The molecule has 0 aromatic heterocycles. The maximum absolute atomic E-state index is 11.9. The van der Waals surface area contributed by atoms with Crippen molar-refractivity contribution in [3.63, 3.8) is 0 Å². The Morgan fingerprint density at radius 3 is 2.50 bits per heavy atom. The second-order valence-electron chi connectivity index (χ2n) is 5.98. The van der Waals surface area contributed by atoms with Crippen molar-refractivity contribution in [3.05, 3.63) is 20.7 Å². The molecule has 20 heavy (non-hydrogen) atoms. The molecule has 0 saturated heterocycles. The lowest BCUT2D eigenvalue weighted by molar-refractivity contribution is -0.180. The highest BCUT2D eigenvalue weighted by Crippen LogP contribution is 2.66. The lowest BCUT2D eigenvalue weighted by atomic mass is 9.69. The van der Waals surface area contributed by atoms with Gasteiger partial charge in [-0.3, -0.25) is 0 Å². The Morgan fingerprint density at radius 1 is 1.20 bits per heavy atom. The molecule has 5 atom stereocenters. The molecule has 0 aromatic rings. The summed E-state index contributed by atoms with van der Waals surface area (Å²) in [6.07, 6.45) is 3.40. The van der Waals surface area contributed by atoms with Gasteiger partial charge in [-0.05, 0) is 37.0 Å². The van der Waals surface area contributed by atoms with Crippen molar-refractivity contribution in [2.24, 2.45) is 23.7 Å². The molecule has 0 radical (unpaired) electrons. The highest BCUT2D eigenvalue weighted by Gasteiger charge is 2.64. The van der Waals surface area contributed by atoms with Gasteiger partial charge in [-0.1, -0.05) is 34.8 Å². The van der Waals surface area contributed by atoms with Crippen LogP contribution in [0.1, 0.15) is 19.3 Å². The first kappa shape index (κ1) is 13.4. The number of allylic oxidation sites excluding steroid dienone is 1. The van der Waals surface area contributed by atoms with Crippen LogP contribution >= 0.6 is 34.8 Å². The predicted molar refractivity (Wildman–Crippen MR) is 75.3 cm³/mol. The molecule has 0 unspecified atom stereocenters. The van der Waals surface area contributed by atoms with E-state index in [1.54, 1.807) is 0 Å². The van der Waals surface area contributed by atoms with Crippen LogP contribution < -0.4 is 0 Å². The summed E-state index contributed by atoms with van der Waals surface area (Å²) in [6.45, 7) is 0. The first-order valence-electron chi connectivity index (χ1n) is 6.75. The molecular weight excluding hydrogens is 323 g/mol. The van der Waals surface area contributed by atoms with Crippen molar-refractivity contribution in [1.29, 1.82) is 0 Å². The van der Waals surface area contributed by atoms with Gasteiger partial charge in [0.05, 0.1) is 0 Å². The third kappa shape index (κ3) is 1.36. The highest BCUT2D eigenvalue weighted by molar-refractivity contribution is 6.44. The van der Waals surface area contributed by atoms with E-state index < -0.39 is 11.8 Å². The smallest absolute Gasteiger partial charge is 0.353 e. The van der Waals surface area contributed by atoms with Gasteiger partial charge in [0.1, 0.15) is 10.1 Å². The third-order valence-electron chi connectivity index (χ3n) is 5.34. The van der Waals surface area contributed by atoms with Crippen molar-refractivity contribution in [1.82, 2.24) is 0 Å². The zero-order chi connectivity index (χ0) is 14.2. The Balaban J connectivity index is 1.98. The minimum atomic E-state index is -1.39. The summed E-state index contributed by atoms with van der Waals surface area (Å²) in [5.41, 5.74) is 0.693. The van der Waals surface area contributed by atoms with Crippen molar-refractivity contribution in [2.75, 3.05) is 7.11 Å². The van der Waals surface area contributed by atoms with Crippen LogP contribution in [0.5, 0.6) is 0 Å². The summed E-state index contributed by atoms with van der Waals surface area (Å²) in [7, 11) is 1.46. The van der Waals surface area contributed by atoms with Crippen LogP contribution in [0.2, 0.25) is 0 Å². The van der Waals surface area contributed by atoms with E-state index in [0.29, 0.717) is 22.4 Å². The Labute approximate surface area is 131 Å². The average Bonchev–Trinajstić information content (AvgIpc) is 3.10. The lowest BCUT2D eigenvalue weighted by Crippen LogP contribution is -2.45. The average molecular weight is 336 g/mol. The molecule has 3 nitrogen and oxygen atoms in total. The third-order valence-corrected chi connectivity index (χ3v) is 6.68. The quantitative estimate of drug-likeness (QED) is 0.685. The molecule has 4 aliphatic rings. The van der Waals surface area contributed by atoms with Crippen LogP contribution in [-0.2, 0) is 14.3 Å². The van der Waals surface area contributed by atoms with Gasteiger partial charge in [0.25, 0.3) is 5.79 Å². The molecule has 3 aliphatic carbocycles. The van der Waals surface area contributed by atoms with Crippen LogP contribution in [0.15, 0.2) is 20.7 Å². The van der Waals surface area contributed by atoms with E-state index in [4.69, 9.17) is 44.3 Å². The Morgan fingerprint density at radius 2 is 1.85 bits per heavy atom. The van der Waals surface area contributed by atoms with Crippen LogP contribution in [0.4, 0.5) is 0 Å². The lowest BCUT2D eigenvalue weighted by Gasteiger charge is -2.43. The van der Waals surface area contributed by atoms with Gasteiger partial charge < -0.3 is 9.47 Å². The van der Waals surface area contributed by atoms with E-state index >= 15 is 0 Å². The van der Waals surface area contributed by atoms with E-state index in [2.05, 4.69) is 0 Å². The fourth-order valence-corrected chi connectivity index (χ4v) is 5.70. The van der Waals surface area contributed by atoms with Gasteiger partial charge in [0.2, 0.25) is 0 Å². The number of hydrogen-bond donors (Lipinski definition) is 0. The van der Waals surface area contributed by atoms with Crippen molar-refractivity contribution in [2.45, 2.75) is 25.0 Å². The summed E-state index contributed by atoms with van der Waals surface area (Å²) < 4.78 is 10.9. The fourth-order valence-electron chi connectivity index (χ4n) is 4.63. The summed E-state index contributed by atoms with van der Waals surface area (Å²) in [5.74, 6) is -0.690. The van der Waals surface area contributed by atoms with Gasteiger partial charge >= 0.3 is 5.97 Å². The van der Waals surface area contributed by atoms with E-state index in [1.807, 2.05) is 0 Å². The zero-order valence-electron chi connectivity index (χ0n) is 10.8. The second kappa shape index (κ2) is 4.16. The molecule has 4 rings (SSSR count). The number of fused-ring (bicyclic) bond motifs is 7. The monoisotopic (exact) mass is 334 g/mol. The van der Waals surface area contributed by atoms with Gasteiger partial charge in [-0.15, -0.1) is 0 Å². The number of carbonyl (C=O) groups is 1. The van der Waals surface area contributed by atoms with Crippen LogP contribution in [0, 0.1) is 23.7 Å². The Bertz CT molecular complexity index is 582. The van der Waals surface area contributed by atoms with Crippen LogP contribution in [0.25, 0.3) is 0 Å². The SMILES string of the molecule is CO[C@@]12OC(=O)C(Cl)=C1[C@H]1[C@@H]3CC[C@@H](C3)[C@H]1C(Cl)=C2Cl. The predicted octanol–water partition coefficient (Wildman–Crippen LogP) is 3.74. The molecule has 108 valence electrons. The molecule has 0 N–H and O–H groups in total. The minimum absolute atomic E-state index is 0.114. The number of hydrogen-bond acceptors (Lipinski definition) is 3. The number of esters is 1. The number of halogens is 3. The summed E-state index contributed by atoms with van der Waals surface area (Å²) in [4.78, 5) is 11.9. The Hall–Kier alpha value is -0.220. The first-order chi connectivity index (χ1) is 9.51. The van der Waals surface area contributed by atoms with Crippen molar-refractivity contribution < 1.29 is 14.3 Å². The molecule has 2 saturated carbocycles. The molecule has 0 amide bonds. The largest absolute Gasteiger partial charge is 0.419 e. The Kier molecular flexibility index (Phi) is 2.80. The van der Waals surface area contributed by atoms with E-state index in [9.17, 15) is 4.79 Å². The molecule has 1 aliphatic heterocycles.